The molecule has 0 spiro atoms. The second-order valence-electron chi connectivity index (χ2n) is 10.4. The molecule has 4 unspecified atom stereocenters. The van der Waals surface area contributed by atoms with Crippen molar-refractivity contribution < 1.29 is 8.78 Å². The summed E-state index contributed by atoms with van der Waals surface area (Å²) in [7, 11) is 0. The molecule has 3 aliphatic rings. The van der Waals surface area contributed by atoms with Crippen LogP contribution in [0.1, 0.15) is 101 Å². The lowest BCUT2D eigenvalue weighted by Gasteiger charge is -2.42. The van der Waals surface area contributed by atoms with E-state index < -0.39 is 17.2 Å². The van der Waals surface area contributed by atoms with E-state index in [2.05, 4.69) is 6.92 Å². The number of nitriles is 1. The number of hydrogen-bond donors (Lipinski definition) is 0. The van der Waals surface area contributed by atoms with E-state index in [0.717, 1.165) is 42.1 Å². The molecule has 0 radical (unpaired) electrons. The highest BCUT2D eigenvalue weighted by Crippen LogP contribution is 2.49. The number of rotatable bonds is 4. The van der Waals surface area contributed by atoms with E-state index in [1.165, 1.54) is 76.3 Å². The predicted octanol–water partition coefficient (Wildman–Crippen LogP) is 7.74. The van der Waals surface area contributed by atoms with Crippen molar-refractivity contribution in [3.8, 4) is 6.07 Å². The summed E-state index contributed by atoms with van der Waals surface area (Å²) in [6.45, 7) is 2.40. The quantitative estimate of drug-likeness (QED) is 0.508. The van der Waals surface area contributed by atoms with Crippen LogP contribution in [-0.4, -0.2) is 0 Å². The van der Waals surface area contributed by atoms with Crippen LogP contribution in [0, 0.1) is 52.6 Å². The number of nitrogens with zero attached hydrogens (tertiary/aromatic N) is 1. The predicted molar refractivity (Wildman–Crippen MR) is 112 cm³/mol. The first-order valence-electron chi connectivity index (χ1n) is 11.9. The van der Waals surface area contributed by atoms with Gasteiger partial charge in [-0.1, -0.05) is 51.9 Å². The summed E-state index contributed by atoms with van der Waals surface area (Å²) < 4.78 is 28.1. The van der Waals surface area contributed by atoms with Gasteiger partial charge in [0.05, 0.1) is 0 Å². The van der Waals surface area contributed by atoms with Crippen molar-refractivity contribution in [2.45, 2.75) is 89.9 Å². The Hall–Kier alpha value is -1.43. The Kier molecular flexibility index (Phi) is 6.57. The topological polar surface area (TPSA) is 23.8 Å². The Bertz CT molecular complexity index is 721. The van der Waals surface area contributed by atoms with Crippen LogP contribution in [0.4, 0.5) is 8.78 Å². The molecule has 0 aromatic heterocycles. The Morgan fingerprint density at radius 2 is 1.41 bits per heavy atom. The number of hydrogen-bond acceptors (Lipinski definition) is 1. The van der Waals surface area contributed by atoms with E-state index in [9.17, 15) is 8.78 Å². The number of fused-ring (bicyclic) bond motifs is 1. The third-order valence-corrected chi connectivity index (χ3v) is 8.49. The average molecular weight is 400 g/mol. The molecular weight excluding hydrogens is 364 g/mol. The second kappa shape index (κ2) is 9.15. The molecule has 0 heterocycles. The van der Waals surface area contributed by atoms with E-state index in [4.69, 9.17) is 5.26 Å². The first-order chi connectivity index (χ1) is 14.0. The first kappa shape index (κ1) is 20.8. The molecule has 0 N–H and O–H groups in total. The molecule has 4 atom stereocenters. The van der Waals surface area contributed by atoms with Crippen LogP contribution in [0.15, 0.2) is 12.1 Å². The minimum atomic E-state index is -0.703. The van der Waals surface area contributed by atoms with Gasteiger partial charge >= 0.3 is 0 Å². The van der Waals surface area contributed by atoms with Crippen molar-refractivity contribution in [3.63, 3.8) is 0 Å². The summed E-state index contributed by atoms with van der Waals surface area (Å²) in [4.78, 5) is 0. The SMILES string of the molecule is CC1CCC(CCC2CCC3CC(c4cc(F)c(C#N)c(F)c4)CCC3C2)CC1. The minimum Gasteiger partial charge on any atom is -0.205 e. The van der Waals surface area contributed by atoms with E-state index >= 15 is 0 Å². The van der Waals surface area contributed by atoms with Crippen LogP contribution in [-0.2, 0) is 0 Å². The summed E-state index contributed by atoms with van der Waals surface area (Å²) in [6, 6.07) is 4.44. The molecule has 3 aliphatic carbocycles. The molecule has 0 amide bonds. The minimum absolute atomic E-state index is 0.244. The van der Waals surface area contributed by atoms with Crippen LogP contribution in [0.5, 0.6) is 0 Å². The molecule has 3 fully saturated rings. The van der Waals surface area contributed by atoms with Gasteiger partial charge in [-0.3, -0.25) is 0 Å². The normalized spacial score (nSPS) is 35.0. The van der Waals surface area contributed by atoms with Gasteiger partial charge in [-0.15, -0.1) is 0 Å². The summed E-state index contributed by atoms with van der Waals surface area (Å²) >= 11 is 0. The van der Waals surface area contributed by atoms with E-state index in [1.54, 1.807) is 6.07 Å². The molecule has 29 heavy (non-hydrogen) atoms. The Morgan fingerprint density at radius 3 is 2.10 bits per heavy atom. The van der Waals surface area contributed by atoms with Crippen molar-refractivity contribution >= 4 is 0 Å². The van der Waals surface area contributed by atoms with Gasteiger partial charge in [0.15, 0.2) is 0 Å². The van der Waals surface area contributed by atoms with Gasteiger partial charge in [-0.2, -0.15) is 5.26 Å². The van der Waals surface area contributed by atoms with Gasteiger partial charge in [-0.05, 0) is 85.3 Å². The number of benzene rings is 1. The van der Waals surface area contributed by atoms with Gasteiger partial charge in [0.1, 0.15) is 23.3 Å². The lowest BCUT2D eigenvalue weighted by Crippen LogP contribution is -2.30. The largest absolute Gasteiger partial charge is 0.205 e. The maximum Gasteiger partial charge on any atom is 0.144 e. The second-order valence-corrected chi connectivity index (χ2v) is 10.4. The standard InChI is InChI=1S/C26H35F2N/c1-17-2-4-18(5-3-17)6-7-19-8-9-21-13-22(11-10-20(21)12-19)23-14-25(27)24(16-29)26(28)15-23/h14-15,17-22H,2-13H2,1H3. The fourth-order valence-electron chi connectivity index (χ4n) is 6.58. The zero-order valence-corrected chi connectivity index (χ0v) is 17.8. The summed E-state index contributed by atoms with van der Waals surface area (Å²) in [6.07, 6.45) is 15.9. The van der Waals surface area contributed by atoms with Crippen LogP contribution >= 0.6 is 0 Å². The lowest BCUT2D eigenvalue weighted by molar-refractivity contribution is 0.109. The van der Waals surface area contributed by atoms with E-state index in [0.29, 0.717) is 5.92 Å². The summed E-state index contributed by atoms with van der Waals surface area (Å²) in [5, 5.41) is 8.89. The molecule has 1 aromatic rings. The third kappa shape index (κ3) is 4.84. The van der Waals surface area contributed by atoms with Crippen LogP contribution in [0.3, 0.4) is 0 Å². The van der Waals surface area contributed by atoms with Gasteiger partial charge in [0.2, 0.25) is 0 Å². The molecule has 3 heteroatoms. The summed E-state index contributed by atoms with van der Waals surface area (Å²) in [5.41, 5.74) is 0.307. The van der Waals surface area contributed by atoms with E-state index in [1.807, 2.05) is 0 Å². The van der Waals surface area contributed by atoms with Crippen molar-refractivity contribution in [1.29, 1.82) is 5.26 Å². The van der Waals surface area contributed by atoms with Crippen molar-refractivity contribution in [3.05, 3.63) is 34.9 Å². The van der Waals surface area contributed by atoms with Crippen LogP contribution in [0.2, 0.25) is 0 Å². The van der Waals surface area contributed by atoms with Crippen molar-refractivity contribution in [2.75, 3.05) is 0 Å². The monoisotopic (exact) mass is 399 g/mol. The Morgan fingerprint density at radius 1 is 0.828 bits per heavy atom. The molecule has 158 valence electrons. The van der Waals surface area contributed by atoms with Gasteiger partial charge in [0.25, 0.3) is 0 Å². The highest BCUT2D eigenvalue weighted by atomic mass is 19.1. The molecule has 1 aromatic carbocycles. The zero-order chi connectivity index (χ0) is 20.4. The molecule has 0 aliphatic heterocycles. The van der Waals surface area contributed by atoms with Gasteiger partial charge in [0, 0.05) is 0 Å². The maximum atomic E-state index is 14.0. The van der Waals surface area contributed by atoms with Crippen LogP contribution < -0.4 is 0 Å². The fraction of sp³-hybridized carbons (Fsp3) is 0.731. The molecule has 1 nitrogen and oxygen atoms in total. The Labute approximate surface area is 174 Å². The molecular formula is C26H35F2N. The van der Waals surface area contributed by atoms with Crippen molar-refractivity contribution in [1.82, 2.24) is 0 Å². The van der Waals surface area contributed by atoms with Crippen LogP contribution in [0.25, 0.3) is 0 Å². The average Bonchev–Trinajstić information content (AvgIpc) is 2.72. The van der Waals surface area contributed by atoms with Gasteiger partial charge < -0.3 is 0 Å². The zero-order valence-electron chi connectivity index (χ0n) is 17.8. The molecule has 0 saturated heterocycles. The first-order valence-corrected chi connectivity index (χ1v) is 11.9. The van der Waals surface area contributed by atoms with Gasteiger partial charge in [-0.25, -0.2) is 8.78 Å². The van der Waals surface area contributed by atoms with Crippen molar-refractivity contribution in [2.24, 2.45) is 29.6 Å². The maximum absolute atomic E-state index is 14.0. The highest BCUT2D eigenvalue weighted by Gasteiger charge is 2.36. The molecule has 0 bridgehead atoms. The fourth-order valence-corrected chi connectivity index (χ4v) is 6.58. The van der Waals surface area contributed by atoms with E-state index in [-0.39, 0.29) is 5.92 Å². The Balaban J connectivity index is 1.29. The summed E-state index contributed by atoms with van der Waals surface area (Å²) in [5.74, 6) is 3.17. The molecule has 4 rings (SSSR count). The number of halogens is 2. The molecule has 3 saturated carbocycles. The third-order valence-electron chi connectivity index (χ3n) is 8.49. The lowest BCUT2D eigenvalue weighted by atomic mass is 9.63. The highest BCUT2D eigenvalue weighted by molar-refractivity contribution is 5.36. The smallest absolute Gasteiger partial charge is 0.144 e.